The van der Waals surface area contributed by atoms with Gasteiger partial charge in [0.05, 0.1) is 14.2 Å². The van der Waals surface area contributed by atoms with Crippen molar-refractivity contribution in [3.63, 3.8) is 0 Å². The molecule has 0 radical (unpaired) electrons. The van der Waals surface area contributed by atoms with Gasteiger partial charge in [0.2, 0.25) is 0 Å². The summed E-state index contributed by atoms with van der Waals surface area (Å²) in [6.45, 7) is 1.71. The molecule has 4 heteroatoms. The molecule has 0 aromatic heterocycles. The molecule has 0 fully saturated rings. The van der Waals surface area contributed by atoms with Crippen molar-refractivity contribution >= 4 is 5.78 Å². The molecule has 1 aliphatic heterocycles. The summed E-state index contributed by atoms with van der Waals surface area (Å²) in [5.74, 6) is 1.71. The molecule has 1 aromatic rings. The van der Waals surface area contributed by atoms with E-state index in [1.54, 1.807) is 20.3 Å². The zero-order valence-corrected chi connectivity index (χ0v) is 11.4. The Hall–Kier alpha value is -1.97. The van der Waals surface area contributed by atoms with Crippen LogP contribution >= 0.6 is 0 Å². The lowest BCUT2D eigenvalue weighted by Gasteiger charge is -2.22. The lowest BCUT2D eigenvalue weighted by atomic mass is 10.1. The molecule has 19 heavy (non-hydrogen) atoms. The van der Waals surface area contributed by atoms with E-state index in [2.05, 4.69) is 4.90 Å². The van der Waals surface area contributed by atoms with Gasteiger partial charge in [-0.2, -0.15) is 0 Å². The number of benzene rings is 1. The van der Waals surface area contributed by atoms with Gasteiger partial charge in [-0.3, -0.25) is 4.79 Å². The summed E-state index contributed by atoms with van der Waals surface area (Å²) in [5, 5.41) is 0. The predicted molar refractivity (Wildman–Crippen MR) is 73.6 cm³/mol. The minimum absolute atomic E-state index is 0.211. The molecular weight excluding hydrogens is 242 g/mol. The van der Waals surface area contributed by atoms with Crippen molar-refractivity contribution in [2.24, 2.45) is 0 Å². The molecule has 0 spiro atoms. The maximum atomic E-state index is 11.1. The molecule has 1 aromatic carbocycles. The largest absolute Gasteiger partial charge is 0.493 e. The van der Waals surface area contributed by atoms with Gasteiger partial charge in [-0.25, -0.2) is 0 Å². The summed E-state index contributed by atoms with van der Waals surface area (Å²) in [4.78, 5) is 13.3. The molecule has 0 bridgehead atoms. The summed E-state index contributed by atoms with van der Waals surface area (Å²) in [6, 6.07) is 5.96. The van der Waals surface area contributed by atoms with Crippen LogP contribution in [0.3, 0.4) is 0 Å². The fraction of sp³-hybridized carbons (Fsp3) is 0.400. The van der Waals surface area contributed by atoms with Gasteiger partial charge in [0, 0.05) is 25.7 Å². The number of methoxy groups -OCH3 is 2. The Kier molecular flexibility index (Phi) is 4.44. The Morgan fingerprint density at radius 2 is 2.00 bits per heavy atom. The fourth-order valence-corrected chi connectivity index (χ4v) is 2.10. The van der Waals surface area contributed by atoms with Crippen molar-refractivity contribution in [3.05, 3.63) is 36.0 Å². The Bertz CT molecular complexity index is 482. The fourth-order valence-electron chi connectivity index (χ4n) is 2.10. The first kappa shape index (κ1) is 13.5. The second-order valence-electron chi connectivity index (χ2n) is 4.51. The highest BCUT2D eigenvalue weighted by atomic mass is 16.5. The van der Waals surface area contributed by atoms with E-state index in [1.165, 1.54) is 5.56 Å². The van der Waals surface area contributed by atoms with Crippen molar-refractivity contribution in [1.29, 1.82) is 0 Å². The second kappa shape index (κ2) is 6.27. The van der Waals surface area contributed by atoms with E-state index in [-0.39, 0.29) is 5.78 Å². The van der Waals surface area contributed by atoms with Gasteiger partial charge in [0.25, 0.3) is 0 Å². The average Bonchev–Trinajstić information content (AvgIpc) is 2.46. The highest BCUT2D eigenvalue weighted by molar-refractivity contribution is 5.90. The topological polar surface area (TPSA) is 38.8 Å². The van der Waals surface area contributed by atoms with E-state index in [4.69, 9.17) is 9.47 Å². The number of hydrogen-bond donors (Lipinski definition) is 0. The number of rotatable bonds is 5. The lowest BCUT2D eigenvalue weighted by Crippen LogP contribution is -2.26. The Balaban J connectivity index is 1.96. The van der Waals surface area contributed by atoms with E-state index < -0.39 is 0 Å². The predicted octanol–water partition coefficient (Wildman–Crippen LogP) is 2.03. The van der Waals surface area contributed by atoms with E-state index in [0.29, 0.717) is 6.42 Å². The van der Waals surface area contributed by atoms with Crippen LogP contribution in [0.15, 0.2) is 30.5 Å². The highest BCUT2D eigenvalue weighted by Gasteiger charge is 2.10. The molecule has 0 aliphatic carbocycles. The zero-order chi connectivity index (χ0) is 13.7. The number of ether oxygens (including phenoxy) is 2. The molecule has 4 nitrogen and oxygen atoms in total. The number of ketones is 1. The summed E-state index contributed by atoms with van der Waals surface area (Å²) < 4.78 is 10.5. The SMILES string of the molecule is COc1ccc(CCN2C=CC(=O)CC2)cc1OC. The molecule has 102 valence electrons. The maximum Gasteiger partial charge on any atom is 0.160 e. The first-order valence-corrected chi connectivity index (χ1v) is 6.39. The van der Waals surface area contributed by atoms with Crippen molar-refractivity contribution < 1.29 is 14.3 Å². The normalized spacial score (nSPS) is 14.6. The van der Waals surface area contributed by atoms with Gasteiger partial charge in [-0.1, -0.05) is 6.07 Å². The smallest absolute Gasteiger partial charge is 0.160 e. The standard InChI is InChI=1S/C15H19NO3/c1-18-14-4-3-12(11-15(14)19-2)5-8-16-9-6-13(17)7-10-16/h3-4,6,9,11H,5,7-8,10H2,1-2H3. The molecule has 2 rings (SSSR count). The van der Waals surface area contributed by atoms with Crippen LogP contribution in [0.25, 0.3) is 0 Å². The van der Waals surface area contributed by atoms with Gasteiger partial charge in [0.15, 0.2) is 17.3 Å². The van der Waals surface area contributed by atoms with Crippen LogP contribution in [-0.4, -0.2) is 38.0 Å². The molecule has 1 heterocycles. The molecule has 1 aliphatic rings. The maximum absolute atomic E-state index is 11.1. The van der Waals surface area contributed by atoms with Crippen LogP contribution in [0.5, 0.6) is 11.5 Å². The van der Waals surface area contributed by atoms with E-state index in [9.17, 15) is 4.79 Å². The van der Waals surface area contributed by atoms with Gasteiger partial charge in [-0.15, -0.1) is 0 Å². The van der Waals surface area contributed by atoms with Crippen molar-refractivity contribution in [1.82, 2.24) is 4.90 Å². The van der Waals surface area contributed by atoms with Crippen molar-refractivity contribution in [3.8, 4) is 11.5 Å². The summed E-state index contributed by atoms with van der Waals surface area (Å²) in [6.07, 6.45) is 5.06. The van der Waals surface area contributed by atoms with Gasteiger partial charge < -0.3 is 14.4 Å². The van der Waals surface area contributed by atoms with E-state index >= 15 is 0 Å². The summed E-state index contributed by atoms with van der Waals surface area (Å²) >= 11 is 0. The molecule has 0 atom stereocenters. The first-order chi connectivity index (χ1) is 9.22. The molecular formula is C15H19NO3. The molecule has 0 unspecified atom stereocenters. The third-order valence-electron chi connectivity index (χ3n) is 3.25. The second-order valence-corrected chi connectivity index (χ2v) is 4.51. The van der Waals surface area contributed by atoms with Crippen LogP contribution in [0.2, 0.25) is 0 Å². The number of allylic oxidation sites excluding steroid dienone is 1. The summed E-state index contributed by atoms with van der Waals surface area (Å²) in [7, 11) is 3.27. The molecule has 0 N–H and O–H groups in total. The molecule has 0 saturated carbocycles. The van der Waals surface area contributed by atoms with Crippen LogP contribution in [0, 0.1) is 0 Å². The Morgan fingerprint density at radius 3 is 2.63 bits per heavy atom. The number of hydrogen-bond acceptors (Lipinski definition) is 4. The van der Waals surface area contributed by atoms with Gasteiger partial charge in [0.1, 0.15) is 0 Å². The van der Waals surface area contributed by atoms with Crippen LogP contribution < -0.4 is 9.47 Å². The van der Waals surface area contributed by atoms with E-state index in [0.717, 1.165) is 31.0 Å². The lowest BCUT2D eigenvalue weighted by molar-refractivity contribution is -0.115. The molecule has 0 saturated heterocycles. The van der Waals surface area contributed by atoms with Crippen molar-refractivity contribution in [2.75, 3.05) is 27.3 Å². The van der Waals surface area contributed by atoms with Crippen LogP contribution in [0.4, 0.5) is 0 Å². The number of carbonyl (C=O) groups excluding carboxylic acids is 1. The first-order valence-electron chi connectivity index (χ1n) is 6.39. The monoisotopic (exact) mass is 261 g/mol. The third-order valence-corrected chi connectivity index (χ3v) is 3.25. The minimum atomic E-state index is 0.211. The van der Waals surface area contributed by atoms with E-state index in [1.807, 2.05) is 24.4 Å². The van der Waals surface area contributed by atoms with Crippen LogP contribution in [-0.2, 0) is 11.2 Å². The average molecular weight is 261 g/mol. The Labute approximate surface area is 113 Å². The number of carbonyl (C=O) groups is 1. The minimum Gasteiger partial charge on any atom is -0.493 e. The molecule has 0 amide bonds. The van der Waals surface area contributed by atoms with Gasteiger partial charge >= 0.3 is 0 Å². The number of nitrogens with zero attached hydrogens (tertiary/aromatic N) is 1. The quantitative estimate of drug-likeness (QED) is 0.813. The highest BCUT2D eigenvalue weighted by Crippen LogP contribution is 2.27. The van der Waals surface area contributed by atoms with Crippen molar-refractivity contribution in [2.45, 2.75) is 12.8 Å². The van der Waals surface area contributed by atoms with Crippen LogP contribution in [0.1, 0.15) is 12.0 Å². The zero-order valence-electron chi connectivity index (χ0n) is 11.4. The van der Waals surface area contributed by atoms with Gasteiger partial charge in [-0.05, 0) is 30.2 Å². The third kappa shape index (κ3) is 3.50. The Morgan fingerprint density at radius 1 is 1.21 bits per heavy atom. The summed E-state index contributed by atoms with van der Waals surface area (Å²) in [5.41, 5.74) is 1.20.